The number of rotatable bonds is 5. The molecule has 6 nitrogen and oxygen atoms in total. The van der Waals surface area contributed by atoms with Crippen molar-refractivity contribution in [3.05, 3.63) is 24.3 Å². The lowest BCUT2D eigenvalue weighted by atomic mass is 10.1. The summed E-state index contributed by atoms with van der Waals surface area (Å²) in [6.07, 6.45) is 0.0567. The molecule has 21 heavy (non-hydrogen) atoms. The van der Waals surface area contributed by atoms with Crippen LogP contribution in [-0.2, 0) is 9.59 Å². The molecule has 0 radical (unpaired) electrons. The van der Waals surface area contributed by atoms with E-state index in [1.165, 1.54) is 24.3 Å². The lowest BCUT2D eigenvalue weighted by Gasteiger charge is -2.19. The van der Waals surface area contributed by atoms with Gasteiger partial charge in [0.25, 0.3) is 5.91 Å². The van der Waals surface area contributed by atoms with Crippen LogP contribution in [0.1, 0.15) is 6.42 Å². The van der Waals surface area contributed by atoms with E-state index in [2.05, 4.69) is 15.4 Å². The largest absolute Gasteiger partial charge is 0.435 e. The van der Waals surface area contributed by atoms with Crippen LogP contribution < -0.4 is 20.7 Å². The molecule has 1 fully saturated rings. The maximum absolute atomic E-state index is 12.0. The smallest absolute Gasteiger partial charge is 0.387 e. The molecular formula is C13H16F2N3O3+. The van der Waals surface area contributed by atoms with Crippen LogP contribution in [0.25, 0.3) is 0 Å². The Morgan fingerprint density at radius 3 is 2.76 bits per heavy atom. The van der Waals surface area contributed by atoms with Crippen LogP contribution in [0.5, 0.6) is 5.75 Å². The highest BCUT2D eigenvalue weighted by Crippen LogP contribution is 2.17. The number of nitrogens with one attached hydrogen (secondary N) is 2. The third-order valence-corrected chi connectivity index (χ3v) is 3.00. The molecule has 1 aromatic rings. The predicted molar refractivity (Wildman–Crippen MR) is 69.9 cm³/mol. The maximum Gasteiger partial charge on any atom is 0.387 e. The molecule has 114 valence electrons. The SMILES string of the molecule is O=C(C[C@H]1[NH2+]CCNC1=O)Nc1ccc(OC(F)F)cc1. The van der Waals surface area contributed by atoms with E-state index in [0.717, 1.165) is 6.54 Å². The van der Waals surface area contributed by atoms with Crippen LogP contribution in [0.15, 0.2) is 24.3 Å². The summed E-state index contributed by atoms with van der Waals surface area (Å²) in [5.41, 5.74) is 0.456. The summed E-state index contributed by atoms with van der Waals surface area (Å²) in [6.45, 7) is -1.54. The quantitative estimate of drug-likeness (QED) is 0.697. The Bertz CT molecular complexity index is 508. The third kappa shape index (κ3) is 4.67. The number of carbonyl (C=O) groups is 2. The Hall–Kier alpha value is -2.22. The van der Waals surface area contributed by atoms with Gasteiger partial charge in [-0.05, 0) is 24.3 Å². The van der Waals surface area contributed by atoms with Gasteiger partial charge in [0.1, 0.15) is 5.75 Å². The first-order valence-electron chi connectivity index (χ1n) is 6.50. The first-order valence-corrected chi connectivity index (χ1v) is 6.50. The Morgan fingerprint density at radius 1 is 1.43 bits per heavy atom. The molecular weight excluding hydrogens is 284 g/mol. The molecule has 0 spiro atoms. The number of hydrogen-bond donors (Lipinski definition) is 3. The van der Waals surface area contributed by atoms with Gasteiger partial charge in [0, 0.05) is 5.69 Å². The fourth-order valence-electron chi connectivity index (χ4n) is 2.03. The lowest BCUT2D eigenvalue weighted by Crippen LogP contribution is -2.96. The molecule has 1 aliphatic rings. The van der Waals surface area contributed by atoms with Crippen molar-refractivity contribution in [3.8, 4) is 5.75 Å². The summed E-state index contributed by atoms with van der Waals surface area (Å²) in [5, 5.41) is 7.11. The number of halogens is 2. The number of benzene rings is 1. The number of piperazine rings is 1. The highest BCUT2D eigenvalue weighted by Gasteiger charge is 2.27. The van der Waals surface area contributed by atoms with Crippen molar-refractivity contribution in [1.29, 1.82) is 0 Å². The van der Waals surface area contributed by atoms with Crippen LogP contribution in [0.4, 0.5) is 14.5 Å². The normalized spacial score (nSPS) is 18.2. The molecule has 1 heterocycles. The number of amides is 2. The minimum Gasteiger partial charge on any atom is -0.435 e. The van der Waals surface area contributed by atoms with Crippen molar-refractivity contribution in [3.63, 3.8) is 0 Å². The standard InChI is InChI=1S/C13H15F2N3O3/c14-13(15)21-9-3-1-8(2-4-9)18-11(19)7-10-12(20)17-6-5-16-10/h1-4,10,13,16H,5-7H2,(H,17,20)(H,18,19)/p+1/t10-/m1/s1. The molecule has 8 heteroatoms. The van der Waals surface area contributed by atoms with Gasteiger partial charge >= 0.3 is 6.61 Å². The Labute approximate surface area is 119 Å². The molecule has 1 atom stereocenters. The van der Waals surface area contributed by atoms with Crippen LogP contribution >= 0.6 is 0 Å². The molecule has 2 amide bonds. The second kappa shape index (κ2) is 6.98. The van der Waals surface area contributed by atoms with E-state index in [1.807, 2.05) is 5.32 Å². The van der Waals surface area contributed by atoms with E-state index >= 15 is 0 Å². The number of nitrogens with two attached hydrogens (primary N) is 1. The summed E-state index contributed by atoms with van der Waals surface area (Å²) in [5.74, 6) is -0.448. The van der Waals surface area contributed by atoms with Gasteiger partial charge in [0.2, 0.25) is 5.91 Å². The number of carbonyl (C=O) groups excluding carboxylic acids is 2. The van der Waals surface area contributed by atoms with E-state index < -0.39 is 12.7 Å². The minimum absolute atomic E-state index is 0.0167. The van der Waals surface area contributed by atoms with Crippen LogP contribution in [0, 0.1) is 0 Å². The van der Waals surface area contributed by atoms with Crippen LogP contribution in [-0.4, -0.2) is 37.6 Å². The van der Waals surface area contributed by atoms with E-state index in [4.69, 9.17) is 0 Å². The highest BCUT2D eigenvalue weighted by atomic mass is 19.3. The number of quaternary nitrogens is 1. The van der Waals surface area contributed by atoms with Gasteiger partial charge in [-0.15, -0.1) is 0 Å². The van der Waals surface area contributed by atoms with Crippen molar-refractivity contribution in [1.82, 2.24) is 5.32 Å². The first kappa shape index (κ1) is 15.2. The fraction of sp³-hybridized carbons (Fsp3) is 0.385. The second-order valence-corrected chi connectivity index (χ2v) is 4.58. The zero-order valence-corrected chi connectivity index (χ0v) is 11.1. The zero-order valence-electron chi connectivity index (χ0n) is 11.1. The molecule has 1 aliphatic heterocycles. The van der Waals surface area contributed by atoms with Gasteiger partial charge in [-0.25, -0.2) is 0 Å². The van der Waals surface area contributed by atoms with E-state index in [9.17, 15) is 18.4 Å². The molecule has 0 unspecified atom stereocenters. The minimum atomic E-state index is -2.88. The first-order chi connectivity index (χ1) is 10.0. The summed E-state index contributed by atoms with van der Waals surface area (Å²) in [6, 6.07) is 5.16. The van der Waals surface area contributed by atoms with Gasteiger partial charge in [-0.2, -0.15) is 8.78 Å². The van der Waals surface area contributed by atoms with Crippen LogP contribution in [0.2, 0.25) is 0 Å². The molecule has 2 rings (SSSR count). The fourth-order valence-corrected chi connectivity index (χ4v) is 2.03. The molecule has 1 aromatic carbocycles. The van der Waals surface area contributed by atoms with Crippen molar-refractivity contribution in [2.24, 2.45) is 0 Å². The summed E-state index contributed by atoms with van der Waals surface area (Å²) < 4.78 is 28.2. The van der Waals surface area contributed by atoms with Gasteiger partial charge in [-0.1, -0.05) is 0 Å². The summed E-state index contributed by atoms with van der Waals surface area (Å²) >= 11 is 0. The topological polar surface area (TPSA) is 84.0 Å². The Balaban J connectivity index is 1.86. The number of anilines is 1. The molecule has 4 N–H and O–H groups in total. The Morgan fingerprint density at radius 2 is 2.14 bits per heavy atom. The van der Waals surface area contributed by atoms with Crippen molar-refractivity contribution in [2.45, 2.75) is 19.1 Å². The highest BCUT2D eigenvalue weighted by molar-refractivity contribution is 5.94. The predicted octanol–water partition coefficient (Wildman–Crippen LogP) is -0.322. The van der Waals surface area contributed by atoms with E-state index in [1.54, 1.807) is 0 Å². The number of hydrogen-bond acceptors (Lipinski definition) is 3. The molecule has 0 aromatic heterocycles. The van der Waals surface area contributed by atoms with E-state index in [0.29, 0.717) is 12.2 Å². The average Bonchev–Trinajstić information content (AvgIpc) is 2.43. The monoisotopic (exact) mass is 300 g/mol. The van der Waals surface area contributed by atoms with Gasteiger partial charge in [0.15, 0.2) is 6.04 Å². The molecule has 0 aliphatic carbocycles. The summed E-state index contributed by atoms with van der Waals surface area (Å²) in [7, 11) is 0. The van der Waals surface area contributed by atoms with Gasteiger partial charge in [-0.3, -0.25) is 9.59 Å². The van der Waals surface area contributed by atoms with Crippen molar-refractivity contribution >= 4 is 17.5 Å². The number of alkyl halides is 2. The van der Waals surface area contributed by atoms with Gasteiger partial charge in [0.05, 0.1) is 19.5 Å². The maximum atomic E-state index is 12.0. The second-order valence-electron chi connectivity index (χ2n) is 4.58. The van der Waals surface area contributed by atoms with Crippen molar-refractivity contribution < 1.29 is 28.4 Å². The molecule has 0 bridgehead atoms. The summed E-state index contributed by atoms with van der Waals surface area (Å²) in [4.78, 5) is 23.3. The third-order valence-electron chi connectivity index (χ3n) is 3.00. The van der Waals surface area contributed by atoms with Crippen LogP contribution in [0.3, 0.4) is 0 Å². The zero-order chi connectivity index (χ0) is 15.2. The lowest BCUT2D eigenvalue weighted by molar-refractivity contribution is -0.678. The van der Waals surface area contributed by atoms with E-state index in [-0.39, 0.29) is 24.0 Å². The number of ether oxygens (including phenoxy) is 1. The molecule has 1 saturated heterocycles. The van der Waals surface area contributed by atoms with Gasteiger partial charge < -0.3 is 20.7 Å². The Kier molecular flexibility index (Phi) is 5.04. The van der Waals surface area contributed by atoms with Crippen molar-refractivity contribution in [2.75, 3.05) is 18.4 Å². The average molecular weight is 300 g/mol. The molecule has 0 saturated carbocycles.